The molecule has 0 spiro atoms. The normalized spacial score (nSPS) is 11.7. The van der Waals surface area contributed by atoms with Crippen LogP contribution in [0.15, 0.2) is 59.1 Å². The van der Waals surface area contributed by atoms with E-state index >= 15 is 0 Å². The SMILES string of the molecule is CCC(=O)c1ccc(OCC(=O)NCC(C)c2nc(-c3ccccc3)no2)cc1. The van der Waals surface area contributed by atoms with E-state index in [0.29, 0.717) is 36.0 Å². The second-order valence-corrected chi connectivity index (χ2v) is 6.62. The van der Waals surface area contributed by atoms with Crippen molar-refractivity contribution in [3.63, 3.8) is 0 Å². The van der Waals surface area contributed by atoms with Crippen molar-refractivity contribution in [1.82, 2.24) is 15.5 Å². The Bertz CT molecular complexity index is 952. The van der Waals surface area contributed by atoms with E-state index in [4.69, 9.17) is 9.26 Å². The number of ketones is 1. The fourth-order valence-corrected chi connectivity index (χ4v) is 2.64. The summed E-state index contributed by atoms with van der Waals surface area (Å²) in [7, 11) is 0. The number of carbonyl (C=O) groups excluding carboxylic acids is 2. The van der Waals surface area contributed by atoms with Crippen LogP contribution in [-0.4, -0.2) is 35.0 Å². The summed E-state index contributed by atoms with van der Waals surface area (Å²) in [6.45, 7) is 3.94. The maximum absolute atomic E-state index is 12.0. The van der Waals surface area contributed by atoms with Crippen LogP contribution in [0.2, 0.25) is 0 Å². The van der Waals surface area contributed by atoms with Crippen LogP contribution in [0.4, 0.5) is 0 Å². The number of hydrogen-bond acceptors (Lipinski definition) is 6. The number of amides is 1. The van der Waals surface area contributed by atoms with Crippen molar-refractivity contribution in [2.24, 2.45) is 0 Å². The first-order valence-corrected chi connectivity index (χ1v) is 9.48. The molecular formula is C22H23N3O4. The molecule has 1 N–H and O–H groups in total. The van der Waals surface area contributed by atoms with Crippen LogP contribution in [0, 0.1) is 0 Å². The summed E-state index contributed by atoms with van der Waals surface area (Å²) in [4.78, 5) is 28.1. The smallest absolute Gasteiger partial charge is 0.257 e. The van der Waals surface area contributed by atoms with Gasteiger partial charge in [-0.25, -0.2) is 0 Å². The number of nitrogens with zero attached hydrogens (tertiary/aromatic N) is 2. The van der Waals surface area contributed by atoms with E-state index in [-0.39, 0.29) is 24.2 Å². The lowest BCUT2D eigenvalue weighted by Gasteiger charge is -2.10. The topological polar surface area (TPSA) is 94.3 Å². The summed E-state index contributed by atoms with van der Waals surface area (Å²) in [5.41, 5.74) is 1.51. The van der Waals surface area contributed by atoms with E-state index in [9.17, 15) is 9.59 Å². The Kier molecular flexibility index (Phi) is 6.73. The van der Waals surface area contributed by atoms with E-state index in [2.05, 4.69) is 15.5 Å². The van der Waals surface area contributed by atoms with Crippen LogP contribution in [0.5, 0.6) is 5.75 Å². The van der Waals surface area contributed by atoms with E-state index < -0.39 is 0 Å². The third kappa shape index (κ3) is 5.51. The van der Waals surface area contributed by atoms with Gasteiger partial charge in [-0.2, -0.15) is 4.98 Å². The van der Waals surface area contributed by atoms with Crippen molar-refractivity contribution < 1.29 is 18.8 Å². The fraction of sp³-hybridized carbons (Fsp3) is 0.273. The van der Waals surface area contributed by atoms with Crippen LogP contribution >= 0.6 is 0 Å². The maximum Gasteiger partial charge on any atom is 0.257 e. The molecule has 0 aliphatic rings. The predicted octanol–water partition coefficient (Wildman–Crippen LogP) is 3.63. The Labute approximate surface area is 169 Å². The molecule has 1 aromatic heterocycles. The number of carbonyl (C=O) groups is 2. The van der Waals surface area contributed by atoms with E-state index in [0.717, 1.165) is 5.56 Å². The average Bonchev–Trinajstić information content (AvgIpc) is 3.27. The molecule has 2 aromatic carbocycles. The van der Waals surface area contributed by atoms with Crippen molar-refractivity contribution in [2.75, 3.05) is 13.2 Å². The van der Waals surface area contributed by atoms with Gasteiger partial charge in [-0.05, 0) is 24.3 Å². The molecule has 0 bridgehead atoms. The van der Waals surface area contributed by atoms with Crippen LogP contribution < -0.4 is 10.1 Å². The third-order valence-electron chi connectivity index (χ3n) is 4.37. The summed E-state index contributed by atoms with van der Waals surface area (Å²) in [6.07, 6.45) is 0.452. The third-order valence-corrected chi connectivity index (χ3v) is 4.37. The van der Waals surface area contributed by atoms with Crippen LogP contribution in [0.25, 0.3) is 11.4 Å². The van der Waals surface area contributed by atoms with E-state index in [1.54, 1.807) is 24.3 Å². The zero-order chi connectivity index (χ0) is 20.6. The summed E-state index contributed by atoms with van der Waals surface area (Å²) >= 11 is 0. The molecule has 150 valence electrons. The van der Waals surface area contributed by atoms with Crippen molar-refractivity contribution >= 4 is 11.7 Å². The molecule has 0 radical (unpaired) electrons. The van der Waals surface area contributed by atoms with Crippen molar-refractivity contribution in [3.05, 3.63) is 66.1 Å². The monoisotopic (exact) mass is 393 g/mol. The first kappa shape index (κ1) is 20.3. The first-order chi connectivity index (χ1) is 14.1. The molecule has 7 nitrogen and oxygen atoms in total. The van der Waals surface area contributed by atoms with Crippen LogP contribution in [-0.2, 0) is 4.79 Å². The molecule has 1 amide bonds. The summed E-state index contributed by atoms with van der Waals surface area (Å²) in [5.74, 6) is 1.19. The number of hydrogen-bond donors (Lipinski definition) is 1. The Morgan fingerprint density at radius 3 is 2.52 bits per heavy atom. The molecule has 3 aromatic rings. The molecule has 0 fully saturated rings. The molecule has 7 heteroatoms. The molecule has 29 heavy (non-hydrogen) atoms. The Morgan fingerprint density at radius 2 is 1.83 bits per heavy atom. The number of rotatable bonds is 9. The number of Topliss-reactive ketones (excluding diaryl/α,β-unsaturated/α-hetero) is 1. The summed E-state index contributed by atoms with van der Waals surface area (Å²) in [6, 6.07) is 16.3. The zero-order valence-corrected chi connectivity index (χ0v) is 16.4. The predicted molar refractivity (Wildman–Crippen MR) is 108 cm³/mol. The van der Waals surface area contributed by atoms with Crippen LogP contribution in [0.3, 0.4) is 0 Å². The fourth-order valence-electron chi connectivity index (χ4n) is 2.64. The molecule has 1 atom stereocenters. The lowest BCUT2D eigenvalue weighted by molar-refractivity contribution is -0.123. The molecule has 0 aliphatic heterocycles. The van der Waals surface area contributed by atoms with Gasteiger partial charge in [0.15, 0.2) is 12.4 Å². The van der Waals surface area contributed by atoms with Gasteiger partial charge >= 0.3 is 0 Å². The number of benzene rings is 2. The number of ether oxygens (including phenoxy) is 1. The first-order valence-electron chi connectivity index (χ1n) is 9.48. The maximum atomic E-state index is 12.0. The standard InChI is InChI=1S/C22H23N3O4/c1-3-19(26)16-9-11-18(12-10-16)28-14-20(27)23-13-15(2)22-24-21(25-29-22)17-7-5-4-6-8-17/h4-12,15H,3,13-14H2,1-2H3,(H,23,27). The van der Waals surface area contributed by atoms with Gasteiger partial charge in [-0.3, -0.25) is 9.59 Å². The zero-order valence-electron chi connectivity index (χ0n) is 16.4. The van der Waals surface area contributed by atoms with Gasteiger partial charge in [-0.15, -0.1) is 0 Å². The highest BCUT2D eigenvalue weighted by Crippen LogP contribution is 2.19. The molecule has 0 saturated heterocycles. The molecular weight excluding hydrogens is 370 g/mol. The second kappa shape index (κ2) is 9.64. The summed E-state index contributed by atoms with van der Waals surface area (Å²) < 4.78 is 10.8. The highest BCUT2D eigenvalue weighted by molar-refractivity contribution is 5.95. The second-order valence-electron chi connectivity index (χ2n) is 6.62. The van der Waals surface area contributed by atoms with E-state index in [1.165, 1.54) is 0 Å². The largest absolute Gasteiger partial charge is 0.484 e. The minimum Gasteiger partial charge on any atom is -0.484 e. The Balaban J connectivity index is 1.45. The molecule has 1 unspecified atom stereocenters. The van der Waals surface area contributed by atoms with Crippen molar-refractivity contribution in [3.8, 4) is 17.1 Å². The minimum atomic E-state index is -0.256. The van der Waals surface area contributed by atoms with Gasteiger partial charge < -0.3 is 14.6 Å². The molecule has 0 aliphatic carbocycles. The van der Waals surface area contributed by atoms with Crippen molar-refractivity contribution in [2.45, 2.75) is 26.2 Å². The average molecular weight is 393 g/mol. The van der Waals surface area contributed by atoms with Gasteiger partial charge in [0.05, 0.1) is 5.92 Å². The van der Waals surface area contributed by atoms with Gasteiger partial charge in [0.25, 0.3) is 5.91 Å². The Hall–Kier alpha value is -3.48. The van der Waals surface area contributed by atoms with Crippen LogP contribution in [0.1, 0.15) is 42.4 Å². The van der Waals surface area contributed by atoms with Gasteiger partial charge in [-0.1, -0.05) is 49.3 Å². The quantitative estimate of drug-likeness (QED) is 0.558. The van der Waals surface area contributed by atoms with Gasteiger partial charge in [0.1, 0.15) is 5.75 Å². The molecule has 3 rings (SSSR count). The minimum absolute atomic E-state index is 0.0692. The van der Waals surface area contributed by atoms with Gasteiger partial charge in [0, 0.05) is 24.1 Å². The highest BCUT2D eigenvalue weighted by Gasteiger charge is 2.16. The lowest BCUT2D eigenvalue weighted by atomic mass is 10.1. The number of nitrogens with one attached hydrogen (secondary N) is 1. The lowest BCUT2D eigenvalue weighted by Crippen LogP contribution is -2.31. The molecule has 0 saturated carbocycles. The molecule has 1 heterocycles. The number of aromatic nitrogens is 2. The van der Waals surface area contributed by atoms with Crippen molar-refractivity contribution in [1.29, 1.82) is 0 Å². The van der Waals surface area contributed by atoms with E-state index in [1.807, 2.05) is 44.2 Å². The summed E-state index contributed by atoms with van der Waals surface area (Å²) in [5, 5.41) is 6.78. The Morgan fingerprint density at radius 1 is 1.10 bits per heavy atom. The highest BCUT2D eigenvalue weighted by atomic mass is 16.5. The van der Waals surface area contributed by atoms with Gasteiger partial charge in [0.2, 0.25) is 11.7 Å².